The first-order valence-corrected chi connectivity index (χ1v) is 9.50. The molecule has 0 saturated heterocycles. The second-order valence-electron chi connectivity index (χ2n) is 9.83. The molecule has 0 aromatic carbocycles. The van der Waals surface area contributed by atoms with E-state index in [9.17, 15) is 19.5 Å². The van der Waals surface area contributed by atoms with Gasteiger partial charge in [0.05, 0.1) is 5.92 Å². The fourth-order valence-corrected chi connectivity index (χ4v) is 5.08. The van der Waals surface area contributed by atoms with Crippen molar-refractivity contribution in [2.24, 2.45) is 34.0 Å². The predicted molar refractivity (Wildman–Crippen MR) is 98.2 cm³/mol. The number of carbonyl (C=O) groups excluding carboxylic acids is 2. The average Bonchev–Trinajstić information content (AvgIpc) is 2.77. The van der Waals surface area contributed by atoms with Crippen LogP contribution in [0.1, 0.15) is 67.2 Å². The van der Waals surface area contributed by atoms with Crippen LogP contribution in [0.2, 0.25) is 0 Å². The van der Waals surface area contributed by atoms with Gasteiger partial charge < -0.3 is 9.84 Å². The molecular weight excluding hydrogens is 332 g/mol. The van der Waals surface area contributed by atoms with Crippen molar-refractivity contribution in [1.29, 1.82) is 0 Å². The number of allylic oxidation sites excluding steroid dienone is 2. The topological polar surface area (TPSA) is 80.7 Å². The quantitative estimate of drug-likeness (QED) is 0.461. The van der Waals surface area contributed by atoms with Crippen LogP contribution in [0.4, 0.5) is 0 Å². The zero-order valence-corrected chi connectivity index (χ0v) is 16.8. The van der Waals surface area contributed by atoms with Gasteiger partial charge in [-0.1, -0.05) is 53.7 Å². The molecule has 3 aliphatic carbocycles. The highest BCUT2D eigenvalue weighted by Crippen LogP contribution is 2.53. The number of esters is 2. The first-order chi connectivity index (χ1) is 11.8. The highest BCUT2D eigenvalue weighted by Gasteiger charge is 2.64. The minimum atomic E-state index is -1.82. The Kier molecular flexibility index (Phi) is 5.42. The Morgan fingerprint density at radius 3 is 1.85 bits per heavy atom. The number of carboxylic acids is 1. The largest absolute Gasteiger partial charge is 0.480 e. The summed E-state index contributed by atoms with van der Waals surface area (Å²) in [6.07, 6.45) is 7.79. The van der Waals surface area contributed by atoms with Gasteiger partial charge >= 0.3 is 17.9 Å². The number of hydrogen-bond acceptors (Lipinski definition) is 4. The van der Waals surface area contributed by atoms with Crippen LogP contribution in [-0.4, -0.2) is 23.0 Å². The second-order valence-corrected chi connectivity index (χ2v) is 9.83. The van der Waals surface area contributed by atoms with E-state index in [4.69, 9.17) is 4.74 Å². The Bertz CT molecular complexity index is 603. The van der Waals surface area contributed by atoms with Gasteiger partial charge in [-0.15, -0.1) is 0 Å². The molecule has 146 valence electrons. The number of carboxylic acid groups (broad SMARTS) is 1. The Morgan fingerprint density at radius 2 is 1.42 bits per heavy atom. The van der Waals surface area contributed by atoms with Crippen molar-refractivity contribution in [2.75, 3.05) is 0 Å². The van der Waals surface area contributed by atoms with Crippen LogP contribution in [-0.2, 0) is 19.1 Å². The third-order valence-electron chi connectivity index (χ3n) is 6.24. The second kappa shape index (κ2) is 6.82. The summed E-state index contributed by atoms with van der Waals surface area (Å²) in [5, 5.41) is 10.0. The molecular formula is C21H32O5. The van der Waals surface area contributed by atoms with Crippen molar-refractivity contribution in [3.05, 3.63) is 12.2 Å². The number of fused-ring (bicyclic) bond motifs is 3. The molecule has 0 aromatic rings. The molecule has 1 N–H and O–H groups in total. The molecule has 3 rings (SSSR count). The maximum absolute atomic E-state index is 13.1. The Morgan fingerprint density at radius 1 is 0.885 bits per heavy atom. The summed E-state index contributed by atoms with van der Waals surface area (Å²) in [5.74, 6) is -2.56. The normalized spacial score (nSPS) is 26.3. The smallest absolute Gasteiger partial charge is 0.332 e. The van der Waals surface area contributed by atoms with Crippen molar-refractivity contribution in [2.45, 2.75) is 67.2 Å². The number of carbonyl (C=O) groups is 3. The van der Waals surface area contributed by atoms with Gasteiger partial charge in [0.25, 0.3) is 0 Å². The van der Waals surface area contributed by atoms with Crippen LogP contribution < -0.4 is 0 Å². The van der Waals surface area contributed by atoms with Crippen LogP contribution >= 0.6 is 0 Å². The molecule has 1 saturated carbocycles. The van der Waals surface area contributed by atoms with Gasteiger partial charge in [-0.05, 0) is 48.3 Å². The maximum atomic E-state index is 13.1. The van der Waals surface area contributed by atoms with Crippen LogP contribution in [0.25, 0.3) is 0 Å². The molecule has 26 heavy (non-hydrogen) atoms. The van der Waals surface area contributed by atoms with Crippen molar-refractivity contribution >= 4 is 17.9 Å². The van der Waals surface area contributed by atoms with Gasteiger partial charge in [0.2, 0.25) is 0 Å². The first-order valence-electron chi connectivity index (χ1n) is 9.50. The van der Waals surface area contributed by atoms with Crippen LogP contribution in [0, 0.1) is 34.0 Å². The summed E-state index contributed by atoms with van der Waals surface area (Å²) in [6, 6.07) is 0. The molecule has 2 bridgehead atoms. The molecule has 0 aliphatic heterocycles. The minimum Gasteiger partial charge on any atom is -0.480 e. The summed E-state index contributed by atoms with van der Waals surface area (Å²) in [7, 11) is 0. The number of rotatable bonds is 3. The van der Waals surface area contributed by atoms with Gasteiger partial charge in [0, 0.05) is 0 Å². The van der Waals surface area contributed by atoms with E-state index < -0.39 is 34.2 Å². The summed E-state index contributed by atoms with van der Waals surface area (Å²) in [4.78, 5) is 38.2. The van der Waals surface area contributed by atoms with Crippen molar-refractivity contribution < 1.29 is 24.2 Å². The third kappa shape index (κ3) is 3.33. The summed E-state index contributed by atoms with van der Waals surface area (Å²) < 4.78 is 5.28. The van der Waals surface area contributed by atoms with Crippen LogP contribution in [0.15, 0.2) is 12.2 Å². The van der Waals surface area contributed by atoms with Gasteiger partial charge in [0.1, 0.15) is 0 Å². The Hall–Kier alpha value is -1.65. The lowest BCUT2D eigenvalue weighted by molar-refractivity contribution is -0.193. The van der Waals surface area contributed by atoms with Crippen LogP contribution in [0.5, 0.6) is 0 Å². The molecule has 0 aromatic heterocycles. The molecule has 3 unspecified atom stereocenters. The van der Waals surface area contributed by atoms with Gasteiger partial charge in [-0.2, -0.15) is 0 Å². The van der Waals surface area contributed by atoms with Crippen molar-refractivity contribution in [3.63, 3.8) is 0 Å². The number of aliphatic carboxylic acids is 1. The molecule has 5 nitrogen and oxygen atoms in total. The fourth-order valence-electron chi connectivity index (χ4n) is 5.08. The average molecular weight is 364 g/mol. The molecule has 0 amide bonds. The van der Waals surface area contributed by atoms with E-state index in [2.05, 4.69) is 12.2 Å². The van der Waals surface area contributed by atoms with Crippen molar-refractivity contribution in [3.8, 4) is 0 Å². The standard InChI is InChI=1S/C21H32O5/c1-19(2,3)21(17(23)24,20(4,5)6)18(25)26-16(22)15-12-9-13-7-10-14(15)11-8-13/h7,10,13-15H,8-9,11-12H2,1-6H3,(H,23,24). The number of ether oxygens (including phenoxy) is 1. The van der Waals surface area contributed by atoms with Crippen LogP contribution in [0.3, 0.4) is 0 Å². The molecule has 3 aliphatic rings. The van der Waals surface area contributed by atoms with E-state index in [0.717, 1.165) is 19.3 Å². The summed E-state index contributed by atoms with van der Waals surface area (Å²) in [5.41, 5.74) is -3.67. The van der Waals surface area contributed by atoms with Gasteiger partial charge in [-0.3, -0.25) is 14.4 Å². The lowest BCUT2D eigenvalue weighted by atomic mass is 9.54. The highest BCUT2D eigenvalue weighted by atomic mass is 16.6. The van der Waals surface area contributed by atoms with E-state index in [1.54, 1.807) is 41.5 Å². The molecule has 1 fully saturated rings. The lowest BCUT2D eigenvalue weighted by Crippen LogP contribution is -2.58. The fraction of sp³-hybridized carbons (Fsp3) is 0.762. The molecule has 5 heteroatoms. The van der Waals surface area contributed by atoms with E-state index in [0.29, 0.717) is 12.3 Å². The molecule has 0 spiro atoms. The number of hydrogen-bond donors (Lipinski definition) is 1. The zero-order chi connectivity index (χ0) is 19.9. The third-order valence-corrected chi connectivity index (χ3v) is 6.24. The Labute approximate surface area is 156 Å². The van der Waals surface area contributed by atoms with Crippen molar-refractivity contribution in [1.82, 2.24) is 0 Å². The SMILES string of the molecule is CC(C)(C)C(C(=O)O)(C(=O)OC(=O)C1CCC2C=CC1CC2)C(C)(C)C. The van der Waals surface area contributed by atoms with E-state index in [1.165, 1.54) is 0 Å². The molecule has 0 radical (unpaired) electrons. The summed E-state index contributed by atoms with van der Waals surface area (Å²) >= 11 is 0. The highest BCUT2D eigenvalue weighted by molar-refractivity contribution is 6.04. The van der Waals surface area contributed by atoms with Gasteiger partial charge in [0.15, 0.2) is 5.41 Å². The predicted octanol–water partition coefficient (Wildman–Crippen LogP) is 4.21. The minimum absolute atomic E-state index is 0.0811. The molecule has 0 heterocycles. The first kappa shape index (κ1) is 20.7. The van der Waals surface area contributed by atoms with E-state index in [1.807, 2.05) is 0 Å². The monoisotopic (exact) mass is 364 g/mol. The zero-order valence-electron chi connectivity index (χ0n) is 16.8. The molecule has 3 atom stereocenters. The summed E-state index contributed by atoms with van der Waals surface area (Å²) in [6.45, 7) is 10.2. The lowest BCUT2D eigenvalue weighted by Gasteiger charge is -2.47. The van der Waals surface area contributed by atoms with E-state index in [-0.39, 0.29) is 11.8 Å². The van der Waals surface area contributed by atoms with E-state index >= 15 is 0 Å². The van der Waals surface area contributed by atoms with Gasteiger partial charge in [-0.25, -0.2) is 0 Å². The Balaban J connectivity index is 2.31. The maximum Gasteiger partial charge on any atom is 0.332 e.